The van der Waals surface area contributed by atoms with Gasteiger partial charge in [0.05, 0.1) is 16.7 Å². The molecule has 0 saturated carbocycles. The Bertz CT molecular complexity index is 1560. The second-order valence-corrected chi connectivity index (χ2v) is 12.0. The summed E-state index contributed by atoms with van der Waals surface area (Å²) < 4.78 is 34.2. The van der Waals surface area contributed by atoms with Crippen LogP contribution >= 0.6 is 23.7 Å². The van der Waals surface area contributed by atoms with Gasteiger partial charge >= 0.3 is 0 Å². The van der Waals surface area contributed by atoms with Gasteiger partial charge in [-0.15, -0.1) is 12.4 Å². The molecule has 0 spiro atoms. The molecule has 12 heteroatoms. The maximum absolute atomic E-state index is 12.6. The van der Waals surface area contributed by atoms with Gasteiger partial charge in [0, 0.05) is 50.5 Å². The van der Waals surface area contributed by atoms with Crippen LogP contribution in [0.2, 0.25) is 0 Å². The molecule has 1 aliphatic heterocycles. The number of sulfonamides is 1. The molecule has 1 amide bonds. The second-order valence-electron chi connectivity index (χ2n) is 9.34. The highest BCUT2D eigenvalue weighted by Crippen LogP contribution is 2.36. The van der Waals surface area contributed by atoms with Crippen molar-refractivity contribution in [1.29, 1.82) is 0 Å². The molecular formula is C28H32ClN5O4S2. The first kappa shape index (κ1) is 29.6. The second kappa shape index (κ2) is 12.9. The summed E-state index contributed by atoms with van der Waals surface area (Å²) in [6.07, 6.45) is 0. The van der Waals surface area contributed by atoms with Crippen molar-refractivity contribution in [2.45, 2.75) is 11.8 Å². The van der Waals surface area contributed by atoms with Gasteiger partial charge in [0.2, 0.25) is 0 Å². The molecule has 0 radical (unpaired) electrons. The van der Waals surface area contributed by atoms with E-state index in [2.05, 4.69) is 32.8 Å². The van der Waals surface area contributed by atoms with E-state index in [0.717, 1.165) is 53.8 Å². The number of piperazine rings is 1. The quantitative estimate of drug-likeness (QED) is 0.293. The van der Waals surface area contributed by atoms with Crippen LogP contribution in [0.4, 0.5) is 10.8 Å². The molecule has 3 aromatic carbocycles. The van der Waals surface area contributed by atoms with Gasteiger partial charge in [0.1, 0.15) is 11.3 Å². The molecule has 0 unspecified atom stereocenters. The molecule has 0 atom stereocenters. The molecule has 0 aliphatic carbocycles. The third-order valence-electron chi connectivity index (χ3n) is 6.72. The summed E-state index contributed by atoms with van der Waals surface area (Å²) in [5.41, 5.74) is 3.00. The van der Waals surface area contributed by atoms with Crippen molar-refractivity contribution in [3.05, 3.63) is 77.9 Å². The Morgan fingerprint density at radius 2 is 1.70 bits per heavy atom. The summed E-state index contributed by atoms with van der Waals surface area (Å²) >= 11 is 1.70. The van der Waals surface area contributed by atoms with Crippen LogP contribution in [-0.4, -0.2) is 70.6 Å². The highest BCUT2D eigenvalue weighted by molar-refractivity contribution is 7.92. The number of fused-ring (bicyclic) bond motifs is 1. The lowest BCUT2D eigenvalue weighted by atomic mass is 10.2. The molecule has 40 heavy (non-hydrogen) atoms. The molecule has 2 heterocycles. The molecule has 5 rings (SSSR count). The molecule has 212 valence electrons. The topological polar surface area (TPSA) is 104 Å². The normalized spacial score (nSPS) is 14.0. The molecule has 1 fully saturated rings. The van der Waals surface area contributed by atoms with E-state index in [9.17, 15) is 13.2 Å². The van der Waals surface area contributed by atoms with Crippen molar-refractivity contribution in [1.82, 2.24) is 15.2 Å². The number of amides is 1. The van der Waals surface area contributed by atoms with Gasteiger partial charge in [0.25, 0.3) is 15.9 Å². The third kappa shape index (κ3) is 6.67. The van der Waals surface area contributed by atoms with E-state index < -0.39 is 10.0 Å². The standard InChI is InChI=1S/C28H31N5O4S2.ClH/c1-20-8-13-24(37-2)25-26(20)38-28(30-25)33-18-16-32(17-19-33)15-14-29-27(34)21-9-11-22(12-10-21)31-39(35,36)23-6-4-3-5-7-23;/h3-13,31H,14-19H2,1-2H3,(H,29,34);1H. The number of methoxy groups -OCH3 is 1. The number of aryl methyl sites for hydroxylation is 1. The van der Waals surface area contributed by atoms with E-state index in [1.54, 1.807) is 60.9 Å². The third-order valence-corrected chi connectivity index (χ3v) is 9.37. The number of anilines is 2. The van der Waals surface area contributed by atoms with Crippen molar-refractivity contribution in [2.75, 3.05) is 56.0 Å². The molecule has 1 aliphatic rings. The summed E-state index contributed by atoms with van der Waals surface area (Å²) in [7, 11) is -2.00. The fourth-order valence-corrected chi connectivity index (χ4v) is 6.68. The molecular weight excluding hydrogens is 570 g/mol. The van der Waals surface area contributed by atoms with Crippen LogP contribution in [0.3, 0.4) is 0 Å². The Morgan fingerprint density at radius 1 is 1.00 bits per heavy atom. The van der Waals surface area contributed by atoms with Crippen LogP contribution in [0.1, 0.15) is 15.9 Å². The summed E-state index contributed by atoms with van der Waals surface area (Å²) in [6, 6.07) is 18.6. The molecule has 4 aromatic rings. The van der Waals surface area contributed by atoms with E-state index in [-0.39, 0.29) is 23.2 Å². The first-order chi connectivity index (χ1) is 18.8. The van der Waals surface area contributed by atoms with Crippen LogP contribution in [0, 0.1) is 6.92 Å². The van der Waals surface area contributed by atoms with Crippen molar-refractivity contribution in [3.63, 3.8) is 0 Å². The Morgan fingerprint density at radius 3 is 2.38 bits per heavy atom. The van der Waals surface area contributed by atoms with Gasteiger partial charge in [-0.2, -0.15) is 0 Å². The lowest BCUT2D eigenvalue weighted by Gasteiger charge is -2.34. The first-order valence-electron chi connectivity index (χ1n) is 12.7. The maximum atomic E-state index is 12.6. The molecule has 0 bridgehead atoms. The lowest BCUT2D eigenvalue weighted by molar-refractivity contribution is 0.0948. The number of ether oxygens (including phenoxy) is 1. The number of benzene rings is 3. The molecule has 9 nitrogen and oxygen atoms in total. The molecule has 2 N–H and O–H groups in total. The van der Waals surface area contributed by atoms with Crippen molar-refractivity contribution in [3.8, 4) is 5.75 Å². The van der Waals surface area contributed by atoms with Gasteiger partial charge in [0.15, 0.2) is 5.13 Å². The van der Waals surface area contributed by atoms with Crippen LogP contribution in [-0.2, 0) is 10.0 Å². The van der Waals surface area contributed by atoms with Gasteiger partial charge in [-0.1, -0.05) is 35.6 Å². The van der Waals surface area contributed by atoms with Crippen LogP contribution < -0.4 is 19.7 Å². The monoisotopic (exact) mass is 601 g/mol. The Labute approximate surface area is 244 Å². The van der Waals surface area contributed by atoms with Crippen molar-refractivity contribution < 1.29 is 17.9 Å². The first-order valence-corrected chi connectivity index (χ1v) is 15.0. The number of hydrogen-bond acceptors (Lipinski definition) is 8. The van der Waals surface area contributed by atoms with Crippen LogP contribution in [0.25, 0.3) is 10.2 Å². The lowest BCUT2D eigenvalue weighted by Crippen LogP contribution is -2.48. The number of carbonyl (C=O) groups excluding carboxylic acids is 1. The summed E-state index contributed by atoms with van der Waals surface area (Å²) in [5.74, 6) is 0.612. The minimum Gasteiger partial charge on any atom is -0.494 e. The van der Waals surface area contributed by atoms with Crippen LogP contribution in [0.15, 0.2) is 71.6 Å². The van der Waals surface area contributed by atoms with Gasteiger partial charge in [-0.25, -0.2) is 13.4 Å². The number of thiazole rings is 1. The van der Waals surface area contributed by atoms with E-state index in [1.807, 2.05) is 6.07 Å². The highest BCUT2D eigenvalue weighted by Gasteiger charge is 2.21. The number of nitrogens with one attached hydrogen (secondary N) is 2. The Kier molecular flexibility index (Phi) is 9.52. The Balaban J connectivity index is 0.00000370. The van der Waals surface area contributed by atoms with Crippen molar-refractivity contribution >= 4 is 60.7 Å². The zero-order chi connectivity index (χ0) is 27.4. The number of rotatable bonds is 9. The molecule has 1 aromatic heterocycles. The summed E-state index contributed by atoms with van der Waals surface area (Å²) in [4.78, 5) is 22.3. The zero-order valence-corrected chi connectivity index (χ0v) is 24.7. The van der Waals surface area contributed by atoms with Crippen molar-refractivity contribution in [2.24, 2.45) is 0 Å². The molecule has 1 saturated heterocycles. The average molecular weight is 602 g/mol. The van der Waals surface area contributed by atoms with Gasteiger partial charge in [-0.05, 0) is 55.0 Å². The van der Waals surface area contributed by atoms with Gasteiger partial charge < -0.3 is 15.0 Å². The smallest absolute Gasteiger partial charge is 0.261 e. The average Bonchev–Trinajstić information content (AvgIpc) is 3.41. The number of nitrogens with zero attached hydrogens (tertiary/aromatic N) is 3. The van der Waals surface area contributed by atoms with Gasteiger partial charge in [-0.3, -0.25) is 14.4 Å². The maximum Gasteiger partial charge on any atom is 0.261 e. The van der Waals surface area contributed by atoms with E-state index in [0.29, 0.717) is 17.8 Å². The number of halogens is 1. The van der Waals surface area contributed by atoms with Crippen LogP contribution in [0.5, 0.6) is 5.75 Å². The minimum absolute atomic E-state index is 0. The summed E-state index contributed by atoms with van der Waals surface area (Å²) in [5, 5.41) is 3.98. The van der Waals surface area contributed by atoms with E-state index >= 15 is 0 Å². The fraction of sp³-hybridized carbons (Fsp3) is 0.286. The zero-order valence-electron chi connectivity index (χ0n) is 22.3. The van der Waals surface area contributed by atoms with E-state index in [4.69, 9.17) is 9.72 Å². The fourth-order valence-electron chi connectivity index (χ4n) is 4.49. The minimum atomic E-state index is -3.68. The number of hydrogen-bond donors (Lipinski definition) is 2. The predicted octanol–water partition coefficient (Wildman–Crippen LogP) is 4.39. The number of carbonyl (C=O) groups is 1. The SMILES string of the molecule is COc1ccc(C)c2sc(N3CCN(CCNC(=O)c4ccc(NS(=O)(=O)c5ccccc5)cc4)CC3)nc12.Cl. The predicted molar refractivity (Wildman–Crippen MR) is 163 cm³/mol. The van der Waals surface area contributed by atoms with E-state index in [1.165, 1.54) is 17.7 Å². The largest absolute Gasteiger partial charge is 0.494 e. The Hall–Kier alpha value is -3.38. The number of aromatic nitrogens is 1. The summed E-state index contributed by atoms with van der Waals surface area (Å²) in [6.45, 7) is 6.89. The highest BCUT2D eigenvalue weighted by atomic mass is 35.5.